The molecule has 0 saturated heterocycles. The van der Waals surface area contributed by atoms with Crippen LogP contribution in [0.4, 0.5) is 9.80 Å². The molecule has 2 aromatic carbocycles. The van der Waals surface area contributed by atoms with Crippen LogP contribution in [0, 0.1) is 0 Å². The number of nitrogens with one attached hydrogen (secondary N) is 3. The highest BCUT2D eigenvalue weighted by Gasteiger charge is 2.12. The van der Waals surface area contributed by atoms with Crippen molar-refractivity contribution in [3.63, 3.8) is 0 Å². The summed E-state index contributed by atoms with van der Waals surface area (Å²) in [4.78, 5) is 24.7. The molecule has 1 aromatic heterocycles. The molecule has 27 heavy (non-hydrogen) atoms. The number of anilines is 1. The lowest BCUT2D eigenvalue weighted by Gasteiger charge is -2.15. The first-order valence-electron chi connectivity index (χ1n) is 8.34. The summed E-state index contributed by atoms with van der Waals surface area (Å²) in [5.41, 5.74) is 3.87. The Morgan fingerprint density at radius 2 is 1.67 bits per heavy atom. The molecule has 0 aliphatic rings. The summed E-state index contributed by atoms with van der Waals surface area (Å²) in [6.45, 7) is 1.85. The number of hydrogen-bond donors (Lipinski definition) is 4. The van der Waals surface area contributed by atoms with Gasteiger partial charge in [-0.15, -0.1) is 11.3 Å². The second-order valence-electron chi connectivity index (χ2n) is 5.91. The van der Waals surface area contributed by atoms with Gasteiger partial charge in [-0.25, -0.2) is 10.3 Å². The maximum absolute atomic E-state index is 12.3. The lowest BCUT2D eigenvalue weighted by Crippen LogP contribution is -2.30. The van der Waals surface area contributed by atoms with Crippen molar-refractivity contribution in [1.82, 2.24) is 10.8 Å². The Morgan fingerprint density at radius 3 is 2.33 bits per heavy atom. The van der Waals surface area contributed by atoms with Crippen LogP contribution in [0.5, 0.6) is 0 Å². The van der Waals surface area contributed by atoms with Crippen LogP contribution in [0.15, 0.2) is 66.7 Å². The molecule has 0 radical (unpaired) electrons. The maximum Gasteiger partial charge on any atom is 0.320 e. The fourth-order valence-electron chi connectivity index (χ4n) is 2.58. The van der Waals surface area contributed by atoms with Crippen LogP contribution in [-0.2, 0) is 0 Å². The van der Waals surface area contributed by atoms with Gasteiger partial charge in [-0.3, -0.25) is 15.3 Å². The third-order valence-corrected chi connectivity index (χ3v) is 5.07. The van der Waals surface area contributed by atoms with E-state index in [0.29, 0.717) is 5.56 Å². The summed E-state index contributed by atoms with van der Waals surface area (Å²) in [5.74, 6) is -0.577. The average Bonchev–Trinajstić information content (AvgIpc) is 3.16. The van der Waals surface area contributed by atoms with Crippen molar-refractivity contribution in [2.24, 2.45) is 0 Å². The molecular formula is C20H19N3O3S. The Balaban J connectivity index is 1.59. The summed E-state index contributed by atoms with van der Waals surface area (Å²) in [6, 6.07) is 19.9. The average molecular weight is 381 g/mol. The molecule has 0 fully saturated rings. The lowest BCUT2D eigenvalue weighted by molar-refractivity contribution is 0.0706. The van der Waals surface area contributed by atoms with Gasteiger partial charge < -0.3 is 5.32 Å². The predicted molar refractivity (Wildman–Crippen MR) is 106 cm³/mol. The zero-order valence-electron chi connectivity index (χ0n) is 14.6. The molecule has 7 heteroatoms. The molecule has 0 bridgehead atoms. The Bertz CT molecular complexity index is 923. The lowest BCUT2D eigenvalue weighted by atomic mass is 10.1. The van der Waals surface area contributed by atoms with Gasteiger partial charge in [0.15, 0.2) is 0 Å². The zero-order chi connectivity index (χ0) is 19.2. The molecule has 4 N–H and O–H groups in total. The van der Waals surface area contributed by atoms with Gasteiger partial charge in [0.05, 0.1) is 11.0 Å². The van der Waals surface area contributed by atoms with E-state index in [0.717, 1.165) is 21.0 Å². The number of benzene rings is 2. The Kier molecular flexibility index (Phi) is 5.85. The summed E-state index contributed by atoms with van der Waals surface area (Å²) in [5, 5.41) is 15.1. The number of rotatable bonds is 5. The van der Waals surface area contributed by atoms with Crippen LogP contribution in [0.1, 0.15) is 28.9 Å². The van der Waals surface area contributed by atoms with E-state index in [1.54, 1.807) is 29.7 Å². The quantitative estimate of drug-likeness (QED) is 0.390. The molecule has 0 saturated carbocycles. The topological polar surface area (TPSA) is 90.5 Å². The molecule has 138 valence electrons. The van der Waals surface area contributed by atoms with Crippen molar-refractivity contribution < 1.29 is 14.8 Å². The minimum Gasteiger partial charge on any atom is -0.331 e. The van der Waals surface area contributed by atoms with Crippen LogP contribution < -0.4 is 16.1 Å². The first-order valence-corrected chi connectivity index (χ1v) is 9.15. The second kappa shape index (κ2) is 8.48. The molecule has 1 atom stereocenters. The molecule has 6 nitrogen and oxygen atoms in total. The number of thiophene rings is 1. The van der Waals surface area contributed by atoms with E-state index in [1.807, 2.05) is 49.4 Å². The van der Waals surface area contributed by atoms with E-state index in [4.69, 9.17) is 5.21 Å². The van der Waals surface area contributed by atoms with Crippen LogP contribution in [0.25, 0.3) is 10.4 Å². The number of hydroxylamine groups is 1. The normalized spacial score (nSPS) is 11.5. The summed E-state index contributed by atoms with van der Waals surface area (Å²) >= 11 is 1.50. The van der Waals surface area contributed by atoms with Gasteiger partial charge in [0.25, 0.3) is 5.91 Å². The smallest absolute Gasteiger partial charge is 0.320 e. The van der Waals surface area contributed by atoms with Crippen LogP contribution in [-0.4, -0.2) is 17.1 Å². The van der Waals surface area contributed by atoms with E-state index >= 15 is 0 Å². The zero-order valence-corrected chi connectivity index (χ0v) is 15.4. The van der Waals surface area contributed by atoms with Crippen molar-refractivity contribution in [1.29, 1.82) is 0 Å². The highest BCUT2D eigenvalue weighted by molar-refractivity contribution is 7.19. The largest absolute Gasteiger partial charge is 0.331 e. The van der Waals surface area contributed by atoms with E-state index in [2.05, 4.69) is 10.6 Å². The molecular weight excluding hydrogens is 362 g/mol. The van der Waals surface area contributed by atoms with Crippen molar-refractivity contribution in [2.75, 3.05) is 5.32 Å². The monoisotopic (exact) mass is 381 g/mol. The van der Waals surface area contributed by atoms with Crippen LogP contribution in [0.3, 0.4) is 0 Å². The second-order valence-corrected chi connectivity index (χ2v) is 7.00. The molecule has 0 unspecified atom stereocenters. The standard InChI is InChI=1S/C20H19N3O3S/c1-13(14-7-9-16(10-8-14)19(24)23-26)21-20(25)22-18-12-11-17(27-18)15-5-3-2-4-6-15/h2-13,26H,1H3,(H,23,24)(H2,21,22,25)/t13-/m1/s1. The van der Waals surface area contributed by atoms with Gasteiger partial charge in [-0.05, 0) is 42.3 Å². The van der Waals surface area contributed by atoms with Crippen LogP contribution >= 0.6 is 11.3 Å². The number of carbonyl (C=O) groups is 2. The number of amides is 3. The third kappa shape index (κ3) is 4.72. The Hall–Kier alpha value is -3.16. The van der Waals surface area contributed by atoms with Crippen molar-refractivity contribution >= 4 is 28.3 Å². The number of urea groups is 1. The van der Waals surface area contributed by atoms with E-state index < -0.39 is 5.91 Å². The highest BCUT2D eigenvalue weighted by atomic mass is 32.1. The number of carbonyl (C=O) groups excluding carboxylic acids is 2. The Labute approximate surface area is 160 Å². The molecule has 0 aliphatic carbocycles. The fourth-order valence-corrected chi connectivity index (χ4v) is 3.49. The maximum atomic E-state index is 12.3. The van der Waals surface area contributed by atoms with Gasteiger partial charge >= 0.3 is 6.03 Å². The van der Waals surface area contributed by atoms with E-state index in [-0.39, 0.29) is 12.1 Å². The molecule has 3 rings (SSSR count). The van der Waals surface area contributed by atoms with Gasteiger partial charge in [-0.1, -0.05) is 42.5 Å². The van der Waals surface area contributed by atoms with Crippen molar-refractivity contribution in [3.8, 4) is 10.4 Å². The Morgan fingerprint density at radius 1 is 0.963 bits per heavy atom. The molecule has 0 aliphatic heterocycles. The SMILES string of the molecule is C[C@@H](NC(=O)Nc1ccc(-c2ccccc2)s1)c1ccc(C(=O)NO)cc1. The highest BCUT2D eigenvalue weighted by Crippen LogP contribution is 2.31. The van der Waals surface area contributed by atoms with Crippen LogP contribution in [0.2, 0.25) is 0 Å². The summed E-state index contributed by atoms with van der Waals surface area (Å²) < 4.78 is 0. The summed E-state index contributed by atoms with van der Waals surface area (Å²) in [7, 11) is 0. The first kappa shape index (κ1) is 18.6. The minimum absolute atomic E-state index is 0.246. The van der Waals surface area contributed by atoms with E-state index in [9.17, 15) is 9.59 Å². The third-order valence-electron chi connectivity index (χ3n) is 4.02. The molecule has 1 heterocycles. The van der Waals surface area contributed by atoms with Crippen molar-refractivity contribution in [2.45, 2.75) is 13.0 Å². The predicted octanol–water partition coefficient (Wildman–Crippen LogP) is 4.42. The van der Waals surface area contributed by atoms with Gasteiger partial charge in [0, 0.05) is 10.4 Å². The van der Waals surface area contributed by atoms with Gasteiger partial charge in [0.1, 0.15) is 0 Å². The molecule has 3 aromatic rings. The van der Waals surface area contributed by atoms with Gasteiger partial charge in [-0.2, -0.15) is 0 Å². The first-order chi connectivity index (χ1) is 13.1. The van der Waals surface area contributed by atoms with Crippen molar-refractivity contribution in [3.05, 3.63) is 77.9 Å². The summed E-state index contributed by atoms with van der Waals surface area (Å²) in [6.07, 6.45) is 0. The fraction of sp³-hybridized carbons (Fsp3) is 0.100. The van der Waals surface area contributed by atoms with E-state index in [1.165, 1.54) is 11.3 Å². The number of hydrogen-bond acceptors (Lipinski definition) is 4. The van der Waals surface area contributed by atoms with Gasteiger partial charge in [0.2, 0.25) is 0 Å². The minimum atomic E-state index is -0.577. The molecule has 0 spiro atoms. The molecule has 3 amide bonds.